The first-order chi connectivity index (χ1) is 12.8. The molecule has 1 aromatic heterocycles. The standard InChI is InChI=1S/C21H24N4O/c1-2-5-18-14-25(11-9-17(18)4-1)19-6-3-10-24(15-19)13-16-7-8-20-21(12-16)23-26-22-20/h1-2,4-5,7-8,12,19H,3,6,9-11,13-15H2. The molecule has 2 aliphatic rings. The summed E-state index contributed by atoms with van der Waals surface area (Å²) in [6.07, 6.45) is 3.77. The van der Waals surface area contributed by atoms with E-state index in [2.05, 4.69) is 56.5 Å². The van der Waals surface area contributed by atoms with E-state index in [1.165, 1.54) is 49.0 Å². The fraction of sp³-hybridized carbons (Fsp3) is 0.429. The topological polar surface area (TPSA) is 45.4 Å². The molecule has 0 N–H and O–H groups in total. The number of rotatable bonds is 3. The third kappa shape index (κ3) is 3.13. The first-order valence-electron chi connectivity index (χ1n) is 9.59. The normalized spacial score (nSPS) is 21.8. The number of hydrogen-bond acceptors (Lipinski definition) is 5. The molecular weight excluding hydrogens is 324 g/mol. The lowest BCUT2D eigenvalue weighted by molar-refractivity contribution is 0.0839. The molecule has 3 heterocycles. The van der Waals surface area contributed by atoms with Gasteiger partial charge in [-0.3, -0.25) is 9.80 Å². The zero-order valence-corrected chi connectivity index (χ0v) is 15.0. The van der Waals surface area contributed by atoms with Gasteiger partial charge in [0, 0.05) is 32.2 Å². The molecule has 5 rings (SSSR count). The van der Waals surface area contributed by atoms with Gasteiger partial charge >= 0.3 is 0 Å². The Morgan fingerprint density at radius 3 is 2.85 bits per heavy atom. The van der Waals surface area contributed by atoms with E-state index >= 15 is 0 Å². The molecule has 2 aromatic carbocycles. The number of nitrogens with zero attached hydrogens (tertiary/aromatic N) is 4. The van der Waals surface area contributed by atoms with Crippen LogP contribution in [0.1, 0.15) is 29.5 Å². The van der Waals surface area contributed by atoms with Crippen molar-refractivity contribution in [1.82, 2.24) is 20.1 Å². The molecule has 1 saturated heterocycles. The van der Waals surface area contributed by atoms with Crippen molar-refractivity contribution in [2.75, 3.05) is 19.6 Å². The molecule has 0 spiro atoms. The fourth-order valence-corrected chi connectivity index (χ4v) is 4.49. The van der Waals surface area contributed by atoms with Crippen LogP contribution in [-0.4, -0.2) is 45.8 Å². The number of aromatic nitrogens is 2. The summed E-state index contributed by atoms with van der Waals surface area (Å²) in [6.45, 7) is 5.59. The van der Waals surface area contributed by atoms with Crippen molar-refractivity contribution in [2.45, 2.75) is 38.4 Å². The molecule has 0 amide bonds. The quantitative estimate of drug-likeness (QED) is 0.727. The first kappa shape index (κ1) is 16.0. The smallest absolute Gasteiger partial charge is 0.135 e. The Hall–Kier alpha value is -2.24. The van der Waals surface area contributed by atoms with Gasteiger partial charge in [-0.15, -0.1) is 0 Å². The Morgan fingerprint density at radius 1 is 1.00 bits per heavy atom. The van der Waals surface area contributed by atoms with Gasteiger partial charge in [0.1, 0.15) is 11.0 Å². The average Bonchev–Trinajstić information content (AvgIpc) is 3.16. The van der Waals surface area contributed by atoms with Crippen LogP contribution in [0.25, 0.3) is 11.0 Å². The average molecular weight is 348 g/mol. The Bertz CT molecular complexity index is 906. The second-order valence-corrected chi connectivity index (χ2v) is 7.61. The predicted molar refractivity (Wildman–Crippen MR) is 101 cm³/mol. The molecule has 1 unspecified atom stereocenters. The van der Waals surface area contributed by atoms with Crippen LogP contribution >= 0.6 is 0 Å². The minimum absolute atomic E-state index is 0.662. The monoisotopic (exact) mass is 348 g/mol. The summed E-state index contributed by atoms with van der Waals surface area (Å²) in [6, 6.07) is 15.8. The van der Waals surface area contributed by atoms with E-state index in [0.717, 1.165) is 30.7 Å². The summed E-state index contributed by atoms with van der Waals surface area (Å²) in [5, 5.41) is 7.86. The lowest BCUT2D eigenvalue weighted by Crippen LogP contribution is -2.49. The van der Waals surface area contributed by atoms with Gasteiger partial charge < -0.3 is 0 Å². The lowest BCUT2D eigenvalue weighted by atomic mass is 9.96. The molecule has 0 aliphatic carbocycles. The van der Waals surface area contributed by atoms with E-state index in [1.54, 1.807) is 0 Å². The van der Waals surface area contributed by atoms with Crippen LogP contribution in [0.15, 0.2) is 47.1 Å². The SMILES string of the molecule is c1ccc2c(c1)CCN(C1CCCN(Cc3ccc4nonc4c3)C1)C2. The van der Waals surface area contributed by atoms with Gasteiger partial charge in [0.2, 0.25) is 0 Å². The molecule has 26 heavy (non-hydrogen) atoms. The lowest BCUT2D eigenvalue weighted by Gasteiger charge is -2.41. The maximum atomic E-state index is 4.81. The fourth-order valence-electron chi connectivity index (χ4n) is 4.49. The third-order valence-corrected chi connectivity index (χ3v) is 5.88. The maximum Gasteiger partial charge on any atom is 0.135 e. The molecule has 2 aliphatic heterocycles. The highest BCUT2D eigenvalue weighted by atomic mass is 16.6. The van der Waals surface area contributed by atoms with E-state index in [-0.39, 0.29) is 0 Å². The summed E-state index contributed by atoms with van der Waals surface area (Å²) in [5.41, 5.74) is 6.02. The van der Waals surface area contributed by atoms with Crippen molar-refractivity contribution in [3.05, 3.63) is 59.2 Å². The minimum atomic E-state index is 0.662. The molecule has 0 saturated carbocycles. The highest BCUT2D eigenvalue weighted by Gasteiger charge is 2.27. The van der Waals surface area contributed by atoms with Crippen LogP contribution in [0.2, 0.25) is 0 Å². The van der Waals surface area contributed by atoms with Crippen LogP contribution in [0.3, 0.4) is 0 Å². The number of piperidine rings is 1. The molecule has 0 radical (unpaired) electrons. The predicted octanol–water partition coefficient (Wildman–Crippen LogP) is 3.25. The van der Waals surface area contributed by atoms with Crippen LogP contribution < -0.4 is 0 Å². The van der Waals surface area contributed by atoms with Crippen molar-refractivity contribution in [3.63, 3.8) is 0 Å². The Morgan fingerprint density at radius 2 is 1.88 bits per heavy atom. The van der Waals surface area contributed by atoms with E-state index in [0.29, 0.717) is 6.04 Å². The van der Waals surface area contributed by atoms with Gasteiger partial charge in [-0.25, -0.2) is 4.63 Å². The van der Waals surface area contributed by atoms with Crippen molar-refractivity contribution >= 4 is 11.0 Å². The van der Waals surface area contributed by atoms with Crippen molar-refractivity contribution < 1.29 is 4.63 Å². The summed E-state index contributed by atoms with van der Waals surface area (Å²) in [4.78, 5) is 5.28. The van der Waals surface area contributed by atoms with E-state index < -0.39 is 0 Å². The van der Waals surface area contributed by atoms with Gasteiger partial charge in [0.05, 0.1) is 0 Å². The third-order valence-electron chi connectivity index (χ3n) is 5.88. The second kappa shape index (κ2) is 6.82. The number of fused-ring (bicyclic) bond motifs is 2. The van der Waals surface area contributed by atoms with Crippen molar-refractivity contribution in [1.29, 1.82) is 0 Å². The van der Waals surface area contributed by atoms with Gasteiger partial charge in [0.15, 0.2) is 0 Å². The Kier molecular flexibility index (Phi) is 4.19. The van der Waals surface area contributed by atoms with Crippen LogP contribution in [-0.2, 0) is 19.5 Å². The van der Waals surface area contributed by atoms with E-state index in [1.807, 2.05) is 6.07 Å². The molecule has 5 nitrogen and oxygen atoms in total. The van der Waals surface area contributed by atoms with Gasteiger partial charge in [0.25, 0.3) is 0 Å². The van der Waals surface area contributed by atoms with Gasteiger partial charge in [-0.05, 0) is 64.9 Å². The van der Waals surface area contributed by atoms with Gasteiger partial charge in [-0.1, -0.05) is 30.3 Å². The zero-order chi connectivity index (χ0) is 17.3. The molecule has 1 atom stereocenters. The van der Waals surface area contributed by atoms with Crippen LogP contribution in [0, 0.1) is 0 Å². The highest BCUT2D eigenvalue weighted by Crippen LogP contribution is 2.25. The van der Waals surface area contributed by atoms with Gasteiger partial charge in [-0.2, -0.15) is 0 Å². The molecule has 134 valence electrons. The molecule has 3 aromatic rings. The summed E-state index contributed by atoms with van der Waals surface area (Å²) in [5.74, 6) is 0. The largest absolute Gasteiger partial charge is 0.298 e. The van der Waals surface area contributed by atoms with Crippen LogP contribution in [0.5, 0.6) is 0 Å². The zero-order valence-electron chi connectivity index (χ0n) is 15.0. The molecule has 0 bridgehead atoms. The Labute approximate surface area is 153 Å². The molecular formula is C21H24N4O. The minimum Gasteiger partial charge on any atom is -0.298 e. The van der Waals surface area contributed by atoms with Crippen LogP contribution in [0.4, 0.5) is 0 Å². The number of likely N-dealkylation sites (tertiary alicyclic amines) is 1. The molecule has 1 fully saturated rings. The highest BCUT2D eigenvalue weighted by molar-refractivity contribution is 5.73. The second-order valence-electron chi connectivity index (χ2n) is 7.61. The van der Waals surface area contributed by atoms with E-state index in [9.17, 15) is 0 Å². The molecule has 5 heteroatoms. The summed E-state index contributed by atoms with van der Waals surface area (Å²) in [7, 11) is 0. The first-order valence-corrected chi connectivity index (χ1v) is 9.59. The number of benzene rings is 2. The van der Waals surface area contributed by atoms with E-state index in [4.69, 9.17) is 4.63 Å². The van der Waals surface area contributed by atoms with Crippen molar-refractivity contribution in [2.24, 2.45) is 0 Å². The summed E-state index contributed by atoms with van der Waals surface area (Å²) < 4.78 is 4.81. The number of hydrogen-bond donors (Lipinski definition) is 0. The summed E-state index contributed by atoms with van der Waals surface area (Å²) >= 11 is 0. The Balaban J connectivity index is 1.26. The maximum absolute atomic E-state index is 4.81. The van der Waals surface area contributed by atoms with Crippen molar-refractivity contribution in [3.8, 4) is 0 Å².